The largest absolute Gasteiger partial charge is 0.507 e. The summed E-state index contributed by atoms with van der Waals surface area (Å²) in [5.74, 6) is -0.510. The lowest BCUT2D eigenvalue weighted by Crippen LogP contribution is -2.19. The average molecular weight is 262 g/mol. The van der Waals surface area contributed by atoms with Crippen molar-refractivity contribution in [3.05, 3.63) is 36.4 Å². The number of phenolic OH excluding ortho intramolecular Hbond substituents is 1. The zero-order valence-corrected chi connectivity index (χ0v) is 10.4. The molecule has 1 saturated heterocycles. The minimum absolute atomic E-state index is 0.0634. The van der Waals surface area contributed by atoms with E-state index in [2.05, 4.69) is 5.10 Å². The maximum Gasteiger partial charge on any atom is 0.126 e. The molecule has 0 saturated carbocycles. The lowest BCUT2D eigenvalue weighted by atomic mass is 10.1. The van der Waals surface area contributed by atoms with Crippen LogP contribution in [0.2, 0.25) is 0 Å². The Bertz CT molecular complexity index is 577. The highest BCUT2D eigenvalue weighted by molar-refractivity contribution is 5.68. The number of aromatic hydroxyl groups is 1. The molecule has 1 aromatic heterocycles. The third-order valence-corrected chi connectivity index (χ3v) is 3.44. The molecule has 0 atom stereocenters. The van der Waals surface area contributed by atoms with Crippen LogP contribution in [0.4, 0.5) is 4.39 Å². The smallest absolute Gasteiger partial charge is 0.126 e. The van der Waals surface area contributed by atoms with Gasteiger partial charge in [0.25, 0.3) is 0 Å². The quantitative estimate of drug-likeness (QED) is 0.905. The molecule has 19 heavy (non-hydrogen) atoms. The van der Waals surface area contributed by atoms with E-state index in [4.69, 9.17) is 4.74 Å². The van der Waals surface area contributed by atoms with Crippen molar-refractivity contribution in [2.75, 3.05) is 13.2 Å². The number of aromatic nitrogens is 2. The van der Waals surface area contributed by atoms with E-state index >= 15 is 0 Å². The Kier molecular flexibility index (Phi) is 3.21. The van der Waals surface area contributed by atoms with Crippen LogP contribution in [0.15, 0.2) is 30.6 Å². The Morgan fingerprint density at radius 1 is 1.32 bits per heavy atom. The first-order chi connectivity index (χ1) is 9.24. The molecule has 2 heterocycles. The number of phenols is 1. The van der Waals surface area contributed by atoms with Crippen molar-refractivity contribution >= 4 is 0 Å². The highest BCUT2D eigenvalue weighted by atomic mass is 19.1. The second-order valence-corrected chi connectivity index (χ2v) is 4.71. The van der Waals surface area contributed by atoms with Crippen LogP contribution < -0.4 is 0 Å². The maximum absolute atomic E-state index is 13.0. The van der Waals surface area contributed by atoms with E-state index in [0.29, 0.717) is 11.6 Å². The van der Waals surface area contributed by atoms with E-state index in [1.54, 1.807) is 12.3 Å². The van der Waals surface area contributed by atoms with Gasteiger partial charge in [0.1, 0.15) is 11.6 Å². The normalized spacial score (nSPS) is 16.7. The van der Waals surface area contributed by atoms with Gasteiger partial charge >= 0.3 is 0 Å². The van der Waals surface area contributed by atoms with Gasteiger partial charge in [0.05, 0.1) is 12.2 Å². The molecule has 1 N–H and O–H groups in total. The molecule has 2 aromatic rings. The van der Waals surface area contributed by atoms with Gasteiger partial charge in [-0.3, -0.25) is 4.68 Å². The Balaban J connectivity index is 1.87. The summed E-state index contributed by atoms with van der Waals surface area (Å²) >= 11 is 0. The number of nitrogens with zero attached hydrogens (tertiary/aromatic N) is 2. The fourth-order valence-electron chi connectivity index (χ4n) is 2.38. The molecule has 1 fully saturated rings. The molecule has 1 aromatic carbocycles. The summed E-state index contributed by atoms with van der Waals surface area (Å²) in [5, 5.41) is 14.1. The second kappa shape index (κ2) is 5.01. The Labute approximate surface area is 110 Å². The summed E-state index contributed by atoms with van der Waals surface area (Å²) in [7, 11) is 0. The van der Waals surface area contributed by atoms with Gasteiger partial charge in [0, 0.05) is 36.6 Å². The van der Waals surface area contributed by atoms with Crippen LogP contribution >= 0.6 is 0 Å². The molecule has 4 nitrogen and oxygen atoms in total. The van der Waals surface area contributed by atoms with E-state index in [9.17, 15) is 9.50 Å². The topological polar surface area (TPSA) is 47.3 Å². The number of hydrogen-bond acceptors (Lipinski definition) is 3. The molecule has 0 aliphatic carbocycles. The van der Waals surface area contributed by atoms with Gasteiger partial charge in [-0.25, -0.2) is 4.39 Å². The molecule has 1 aliphatic heterocycles. The van der Waals surface area contributed by atoms with Gasteiger partial charge in [-0.1, -0.05) is 0 Å². The molecular weight excluding hydrogens is 247 g/mol. The van der Waals surface area contributed by atoms with Gasteiger partial charge in [-0.15, -0.1) is 0 Å². The third-order valence-electron chi connectivity index (χ3n) is 3.44. The van der Waals surface area contributed by atoms with Gasteiger partial charge < -0.3 is 9.84 Å². The molecule has 0 bridgehead atoms. The number of benzene rings is 1. The summed E-state index contributed by atoms with van der Waals surface area (Å²) in [4.78, 5) is 0. The highest BCUT2D eigenvalue weighted by Crippen LogP contribution is 2.30. The zero-order valence-electron chi connectivity index (χ0n) is 10.4. The summed E-state index contributed by atoms with van der Waals surface area (Å²) in [6, 6.07) is 4.35. The standard InChI is InChI=1S/C14H15FN2O2/c15-11-1-2-13(14(18)7-11)10-8-16-17(9-10)12-3-5-19-6-4-12/h1-2,7-9,12,18H,3-6H2. The van der Waals surface area contributed by atoms with E-state index in [-0.39, 0.29) is 5.75 Å². The minimum atomic E-state index is -0.446. The second-order valence-electron chi connectivity index (χ2n) is 4.71. The molecule has 0 unspecified atom stereocenters. The van der Waals surface area contributed by atoms with Crippen molar-refractivity contribution in [2.24, 2.45) is 0 Å². The lowest BCUT2D eigenvalue weighted by molar-refractivity contribution is 0.0662. The monoisotopic (exact) mass is 262 g/mol. The van der Waals surface area contributed by atoms with Crippen molar-refractivity contribution in [1.29, 1.82) is 0 Å². The molecule has 3 rings (SSSR count). The van der Waals surface area contributed by atoms with Crippen LogP contribution in [0.25, 0.3) is 11.1 Å². The fourth-order valence-corrected chi connectivity index (χ4v) is 2.38. The van der Waals surface area contributed by atoms with E-state index in [1.807, 2.05) is 10.9 Å². The summed E-state index contributed by atoms with van der Waals surface area (Å²) in [5.41, 5.74) is 1.39. The Morgan fingerprint density at radius 3 is 2.84 bits per heavy atom. The molecule has 5 heteroatoms. The Morgan fingerprint density at radius 2 is 2.11 bits per heavy atom. The molecule has 1 aliphatic rings. The molecule has 0 amide bonds. The summed E-state index contributed by atoms with van der Waals surface area (Å²) in [6.45, 7) is 1.50. The third kappa shape index (κ3) is 2.46. The van der Waals surface area contributed by atoms with Gasteiger partial charge in [-0.2, -0.15) is 5.10 Å². The minimum Gasteiger partial charge on any atom is -0.507 e. The number of halogens is 1. The highest BCUT2D eigenvalue weighted by Gasteiger charge is 2.17. The van der Waals surface area contributed by atoms with Crippen molar-refractivity contribution < 1.29 is 14.2 Å². The first kappa shape index (κ1) is 12.2. The van der Waals surface area contributed by atoms with Crippen LogP contribution in [-0.2, 0) is 4.74 Å². The predicted octanol–water partition coefficient (Wildman–Crippen LogP) is 2.75. The maximum atomic E-state index is 13.0. The Hall–Kier alpha value is -1.88. The number of hydrogen-bond donors (Lipinski definition) is 1. The van der Waals surface area contributed by atoms with Gasteiger partial charge in [0.15, 0.2) is 0 Å². The number of ether oxygens (including phenoxy) is 1. The number of rotatable bonds is 2. The molecule has 0 spiro atoms. The average Bonchev–Trinajstić information content (AvgIpc) is 2.89. The summed E-state index contributed by atoms with van der Waals surface area (Å²) < 4.78 is 20.2. The zero-order chi connectivity index (χ0) is 13.2. The van der Waals surface area contributed by atoms with Gasteiger partial charge in [0.2, 0.25) is 0 Å². The first-order valence-electron chi connectivity index (χ1n) is 6.35. The van der Waals surface area contributed by atoms with Crippen molar-refractivity contribution in [3.8, 4) is 16.9 Å². The first-order valence-corrected chi connectivity index (χ1v) is 6.35. The van der Waals surface area contributed by atoms with E-state index in [1.165, 1.54) is 6.07 Å². The summed E-state index contributed by atoms with van der Waals surface area (Å²) in [6.07, 6.45) is 5.47. The van der Waals surface area contributed by atoms with Crippen LogP contribution in [0.3, 0.4) is 0 Å². The molecular formula is C14H15FN2O2. The van der Waals surface area contributed by atoms with Crippen molar-refractivity contribution in [3.63, 3.8) is 0 Å². The SMILES string of the molecule is Oc1cc(F)ccc1-c1cnn(C2CCOCC2)c1. The van der Waals surface area contributed by atoms with Crippen molar-refractivity contribution in [1.82, 2.24) is 9.78 Å². The fraction of sp³-hybridized carbons (Fsp3) is 0.357. The van der Waals surface area contributed by atoms with Crippen LogP contribution in [0, 0.1) is 5.82 Å². The van der Waals surface area contributed by atoms with Crippen LogP contribution in [-0.4, -0.2) is 28.1 Å². The van der Waals surface area contributed by atoms with Crippen LogP contribution in [0.5, 0.6) is 5.75 Å². The van der Waals surface area contributed by atoms with Crippen molar-refractivity contribution in [2.45, 2.75) is 18.9 Å². The molecule has 0 radical (unpaired) electrons. The van der Waals surface area contributed by atoms with Crippen LogP contribution in [0.1, 0.15) is 18.9 Å². The van der Waals surface area contributed by atoms with Gasteiger partial charge in [-0.05, 0) is 25.0 Å². The molecule has 100 valence electrons. The lowest BCUT2D eigenvalue weighted by Gasteiger charge is -2.22. The van der Waals surface area contributed by atoms with E-state index in [0.717, 1.165) is 37.7 Å². The predicted molar refractivity (Wildman–Crippen MR) is 68.4 cm³/mol. The van der Waals surface area contributed by atoms with E-state index < -0.39 is 5.82 Å².